The van der Waals surface area contributed by atoms with Crippen molar-refractivity contribution < 1.29 is 4.79 Å². The Hall–Kier alpha value is -3.48. The van der Waals surface area contributed by atoms with Gasteiger partial charge >= 0.3 is 0 Å². The van der Waals surface area contributed by atoms with E-state index in [9.17, 15) is 4.79 Å². The number of pyridine rings is 1. The second-order valence-corrected chi connectivity index (χ2v) is 6.12. The lowest BCUT2D eigenvalue weighted by Crippen LogP contribution is -2.28. The van der Waals surface area contributed by atoms with Crippen LogP contribution in [0, 0.1) is 0 Å². The van der Waals surface area contributed by atoms with Crippen LogP contribution in [0.4, 0.5) is 0 Å². The molecule has 0 saturated heterocycles. The number of imidazole rings is 1. The molecule has 4 rings (SSSR count). The van der Waals surface area contributed by atoms with Gasteiger partial charge in [0.25, 0.3) is 5.91 Å². The second kappa shape index (κ2) is 6.44. The zero-order chi connectivity index (χ0) is 18.1. The van der Waals surface area contributed by atoms with Gasteiger partial charge in [-0.2, -0.15) is 5.10 Å². The Bertz CT molecular complexity index is 1070. The molecule has 0 aliphatic heterocycles. The molecule has 0 aliphatic carbocycles. The topological polar surface area (TPSA) is 88.5 Å². The Labute approximate surface area is 150 Å². The van der Waals surface area contributed by atoms with Crippen molar-refractivity contribution >= 4 is 16.9 Å². The second-order valence-electron chi connectivity index (χ2n) is 6.12. The normalized spacial score (nSPS) is 12.2. The summed E-state index contributed by atoms with van der Waals surface area (Å²) in [5, 5.41) is 9.95. The van der Waals surface area contributed by atoms with E-state index in [0.29, 0.717) is 11.4 Å². The molecule has 0 radical (unpaired) electrons. The van der Waals surface area contributed by atoms with Gasteiger partial charge in [0.15, 0.2) is 0 Å². The van der Waals surface area contributed by atoms with Crippen molar-refractivity contribution in [2.45, 2.75) is 13.0 Å². The molecule has 3 heterocycles. The van der Waals surface area contributed by atoms with Crippen LogP contribution in [0.5, 0.6) is 0 Å². The van der Waals surface area contributed by atoms with Crippen molar-refractivity contribution in [1.29, 1.82) is 0 Å². The molecule has 0 bridgehead atoms. The first-order chi connectivity index (χ1) is 12.6. The van der Waals surface area contributed by atoms with Gasteiger partial charge in [-0.15, -0.1) is 0 Å². The minimum atomic E-state index is -0.245. The number of amides is 1. The first-order valence-electron chi connectivity index (χ1n) is 8.31. The fourth-order valence-electron chi connectivity index (χ4n) is 2.99. The van der Waals surface area contributed by atoms with Crippen LogP contribution in [0.2, 0.25) is 0 Å². The van der Waals surface area contributed by atoms with Crippen molar-refractivity contribution in [2.24, 2.45) is 7.05 Å². The van der Waals surface area contributed by atoms with Gasteiger partial charge < -0.3 is 9.88 Å². The summed E-state index contributed by atoms with van der Waals surface area (Å²) in [5.74, 6) is 0.568. The van der Waals surface area contributed by atoms with E-state index >= 15 is 0 Å². The van der Waals surface area contributed by atoms with E-state index in [1.54, 1.807) is 18.5 Å². The lowest BCUT2D eigenvalue weighted by atomic mass is 10.2. The average Bonchev–Trinajstić information content (AvgIpc) is 3.28. The number of nitrogens with one attached hydrogen (secondary N) is 2. The Morgan fingerprint density at radius 2 is 2.08 bits per heavy atom. The fourth-order valence-corrected chi connectivity index (χ4v) is 2.99. The van der Waals surface area contributed by atoms with E-state index in [-0.39, 0.29) is 11.9 Å². The predicted molar refractivity (Wildman–Crippen MR) is 98.4 cm³/mol. The van der Waals surface area contributed by atoms with Crippen molar-refractivity contribution in [2.75, 3.05) is 0 Å². The summed E-state index contributed by atoms with van der Waals surface area (Å²) in [7, 11) is 1.95. The number of para-hydroxylation sites is 2. The Kier molecular flexibility index (Phi) is 3.96. The lowest BCUT2D eigenvalue weighted by Gasteiger charge is -2.13. The third-order valence-corrected chi connectivity index (χ3v) is 4.34. The molecule has 7 nitrogen and oxygen atoms in total. The van der Waals surface area contributed by atoms with Crippen LogP contribution < -0.4 is 5.32 Å². The molecule has 1 atom stereocenters. The van der Waals surface area contributed by atoms with E-state index in [1.165, 1.54) is 0 Å². The summed E-state index contributed by atoms with van der Waals surface area (Å²) < 4.78 is 1.99. The molecule has 0 fully saturated rings. The van der Waals surface area contributed by atoms with Crippen molar-refractivity contribution in [3.05, 3.63) is 66.4 Å². The van der Waals surface area contributed by atoms with Gasteiger partial charge in [-0.3, -0.25) is 14.9 Å². The lowest BCUT2D eigenvalue weighted by molar-refractivity contribution is 0.0933. The number of fused-ring (bicyclic) bond motifs is 1. The number of aromatic amines is 1. The molecule has 4 aromatic rings. The molecule has 3 aromatic heterocycles. The number of aromatic nitrogens is 5. The Balaban J connectivity index is 1.54. The summed E-state index contributed by atoms with van der Waals surface area (Å²) in [6.45, 7) is 1.91. The van der Waals surface area contributed by atoms with Crippen LogP contribution in [-0.4, -0.2) is 30.6 Å². The summed E-state index contributed by atoms with van der Waals surface area (Å²) in [5.41, 5.74) is 3.87. The van der Waals surface area contributed by atoms with Crippen molar-refractivity contribution in [3.8, 4) is 11.3 Å². The number of carbonyl (C=O) groups excluding carboxylic acids is 1. The summed E-state index contributed by atoms with van der Waals surface area (Å²) in [6, 6.07) is 13.1. The number of nitrogens with zero attached hydrogens (tertiary/aromatic N) is 4. The van der Waals surface area contributed by atoms with Gasteiger partial charge in [-0.1, -0.05) is 12.1 Å². The number of benzene rings is 1. The van der Waals surface area contributed by atoms with Crippen LogP contribution in [0.3, 0.4) is 0 Å². The Morgan fingerprint density at radius 3 is 2.85 bits per heavy atom. The number of H-pyrrole nitrogens is 1. The highest BCUT2D eigenvalue weighted by molar-refractivity contribution is 5.93. The first-order valence-corrected chi connectivity index (χ1v) is 8.31. The molecule has 1 amide bonds. The highest BCUT2D eigenvalue weighted by Gasteiger charge is 2.18. The predicted octanol–water partition coefficient (Wildman–Crippen LogP) is 2.85. The SMILES string of the molecule is C[C@H](NC(=O)c1cc(-c2cccnc2)n[nH]1)c1nc2ccccc2n1C. The van der Waals surface area contributed by atoms with Gasteiger partial charge in [-0.05, 0) is 37.3 Å². The average molecular weight is 346 g/mol. The molecule has 0 spiro atoms. The Morgan fingerprint density at radius 1 is 1.23 bits per heavy atom. The molecular formula is C19H18N6O. The monoisotopic (exact) mass is 346 g/mol. The molecule has 0 aliphatic rings. The maximum atomic E-state index is 12.6. The van der Waals surface area contributed by atoms with Gasteiger partial charge in [-0.25, -0.2) is 4.98 Å². The first kappa shape index (κ1) is 16.0. The molecule has 26 heavy (non-hydrogen) atoms. The summed E-state index contributed by atoms with van der Waals surface area (Å²) in [4.78, 5) is 21.3. The van der Waals surface area contributed by atoms with Crippen LogP contribution >= 0.6 is 0 Å². The largest absolute Gasteiger partial charge is 0.341 e. The molecule has 130 valence electrons. The van der Waals surface area contributed by atoms with Crippen LogP contribution in [0.25, 0.3) is 22.3 Å². The summed E-state index contributed by atoms with van der Waals surface area (Å²) >= 11 is 0. The number of rotatable bonds is 4. The highest BCUT2D eigenvalue weighted by atomic mass is 16.2. The number of hydrogen-bond donors (Lipinski definition) is 2. The van der Waals surface area contributed by atoms with E-state index in [1.807, 2.05) is 54.9 Å². The number of aryl methyl sites for hydroxylation is 1. The molecule has 0 saturated carbocycles. The summed E-state index contributed by atoms with van der Waals surface area (Å²) in [6.07, 6.45) is 3.40. The molecule has 0 unspecified atom stereocenters. The maximum Gasteiger partial charge on any atom is 0.269 e. The molecular weight excluding hydrogens is 328 g/mol. The van der Waals surface area contributed by atoms with Gasteiger partial charge in [0.1, 0.15) is 11.5 Å². The zero-order valence-electron chi connectivity index (χ0n) is 14.5. The van der Waals surface area contributed by atoms with E-state index in [4.69, 9.17) is 0 Å². The van der Waals surface area contributed by atoms with Gasteiger partial charge in [0.05, 0.1) is 22.8 Å². The van der Waals surface area contributed by atoms with E-state index < -0.39 is 0 Å². The van der Waals surface area contributed by atoms with Crippen LogP contribution in [0.1, 0.15) is 29.3 Å². The van der Waals surface area contributed by atoms with Crippen molar-refractivity contribution in [3.63, 3.8) is 0 Å². The minimum Gasteiger partial charge on any atom is -0.341 e. The third-order valence-electron chi connectivity index (χ3n) is 4.34. The smallest absolute Gasteiger partial charge is 0.269 e. The molecule has 2 N–H and O–H groups in total. The molecule has 7 heteroatoms. The zero-order valence-corrected chi connectivity index (χ0v) is 14.5. The standard InChI is InChI=1S/C19H18N6O/c1-12(18-22-14-7-3-4-8-17(14)25(18)2)21-19(26)16-10-15(23-24-16)13-6-5-9-20-11-13/h3-12H,1-2H3,(H,21,26)(H,23,24)/t12-/m0/s1. The quantitative estimate of drug-likeness (QED) is 0.595. The van der Waals surface area contributed by atoms with E-state index in [2.05, 4.69) is 25.5 Å². The van der Waals surface area contributed by atoms with Crippen LogP contribution in [0.15, 0.2) is 54.9 Å². The molecule has 1 aromatic carbocycles. The maximum absolute atomic E-state index is 12.6. The minimum absolute atomic E-state index is 0.229. The van der Waals surface area contributed by atoms with Gasteiger partial charge in [0.2, 0.25) is 0 Å². The number of carbonyl (C=O) groups is 1. The highest BCUT2D eigenvalue weighted by Crippen LogP contribution is 2.20. The number of hydrogen-bond acceptors (Lipinski definition) is 4. The third kappa shape index (κ3) is 2.83. The fraction of sp³-hybridized carbons (Fsp3) is 0.158. The van der Waals surface area contributed by atoms with Gasteiger partial charge in [0, 0.05) is 25.0 Å². The van der Waals surface area contributed by atoms with Crippen molar-refractivity contribution in [1.82, 2.24) is 30.0 Å². The van der Waals surface area contributed by atoms with E-state index in [0.717, 1.165) is 22.4 Å². The van der Waals surface area contributed by atoms with Crippen LogP contribution in [-0.2, 0) is 7.05 Å².